The minimum absolute atomic E-state index is 0.0138. The molecular formula is C21H29N3O7. The maximum atomic E-state index is 12.9. The summed E-state index contributed by atoms with van der Waals surface area (Å²) in [6.07, 6.45) is 0.628. The molecular weight excluding hydrogens is 406 g/mol. The van der Waals surface area contributed by atoms with Gasteiger partial charge < -0.3 is 26.2 Å². The summed E-state index contributed by atoms with van der Waals surface area (Å²) in [5.74, 6) is -5.19. The van der Waals surface area contributed by atoms with E-state index in [9.17, 15) is 29.1 Å². The second kappa shape index (κ2) is 11.1. The smallest absolute Gasteiger partial charge is 0.394 e. The Kier molecular flexibility index (Phi) is 9.16. The monoisotopic (exact) mass is 435 g/mol. The number of carbonyl (C=O) groups is 5. The third-order valence-electron chi connectivity index (χ3n) is 4.59. The number of aliphatic carboxylic acids is 1. The van der Waals surface area contributed by atoms with Crippen LogP contribution in [0.5, 0.6) is 0 Å². The Labute approximate surface area is 180 Å². The average molecular weight is 435 g/mol. The van der Waals surface area contributed by atoms with Gasteiger partial charge in [-0.2, -0.15) is 0 Å². The second-order valence-corrected chi connectivity index (χ2v) is 7.89. The number of nitrogens with zero attached hydrogens (tertiary/aromatic N) is 1. The fourth-order valence-electron chi connectivity index (χ4n) is 3.22. The van der Waals surface area contributed by atoms with Gasteiger partial charge in [0.05, 0.1) is 11.3 Å². The number of amides is 3. The molecule has 1 atom stereocenters. The summed E-state index contributed by atoms with van der Waals surface area (Å²) in [6, 6.07) is 3.04. The molecule has 0 fully saturated rings. The maximum absolute atomic E-state index is 12.9. The number of carbonyl (C=O) groups excluding carboxylic acids is 3. The molecule has 0 saturated heterocycles. The molecule has 170 valence electrons. The van der Waals surface area contributed by atoms with Gasteiger partial charge in [0, 0.05) is 12.5 Å². The molecule has 10 nitrogen and oxygen atoms in total. The van der Waals surface area contributed by atoms with Crippen molar-refractivity contribution in [3.05, 3.63) is 29.3 Å². The van der Waals surface area contributed by atoms with Crippen LogP contribution in [0.1, 0.15) is 56.5 Å². The first kappa shape index (κ1) is 25.6. The lowest BCUT2D eigenvalue weighted by molar-refractivity contribution is -0.147. The summed E-state index contributed by atoms with van der Waals surface area (Å²) in [6.45, 7) is 7.43. The van der Waals surface area contributed by atoms with Crippen LogP contribution in [0.15, 0.2) is 18.2 Å². The number of hydrogen-bond acceptors (Lipinski definition) is 5. The molecule has 0 aromatic heterocycles. The lowest BCUT2D eigenvalue weighted by Gasteiger charge is -2.34. The van der Waals surface area contributed by atoms with Gasteiger partial charge in [-0.1, -0.05) is 19.9 Å². The minimum Gasteiger partial charge on any atom is -0.478 e. The summed E-state index contributed by atoms with van der Waals surface area (Å²) >= 11 is 0. The van der Waals surface area contributed by atoms with Gasteiger partial charge in [-0.15, -0.1) is 0 Å². The zero-order valence-corrected chi connectivity index (χ0v) is 18.0. The van der Waals surface area contributed by atoms with E-state index < -0.39 is 29.8 Å². The molecule has 1 rings (SSSR count). The highest BCUT2D eigenvalue weighted by Crippen LogP contribution is 2.21. The van der Waals surface area contributed by atoms with Crippen LogP contribution in [0.3, 0.4) is 0 Å². The Morgan fingerprint density at radius 2 is 1.68 bits per heavy atom. The van der Waals surface area contributed by atoms with E-state index in [1.807, 2.05) is 19.2 Å². The molecule has 0 bridgehead atoms. The Morgan fingerprint density at radius 1 is 1.06 bits per heavy atom. The Bertz CT molecular complexity index is 865. The van der Waals surface area contributed by atoms with Crippen LogP contribution in [-0.4, -0.2) is 56.9 Å². The summed E-state index contributed by atoms with van der Waals surface area (Å²) < 4.78 is 0. The number of rotatable bonds is 10. The standard InChI is InChI=1S/C21H29N3O7/c1-11(2)9-16(18(22)26)24(12(3)4)17(25)8-6-13-5-7-15(14(10-13)20(28)29)23-19(27)21(30)31/h5,7,10-12,16H,6,8-9H2,1-4H3,(H2,22,26)(H,23,27)(H,28,29)(H,30,31). The largest absolute Gasteiger partial charge is 0.478 e. The van der Waals surface area contributed by atoms with Gasteiger partial charge in [0.2, 0.25) is 11.8 Å². The number of aromatic carboxylic acids is 1. The van der Waals surface area contributed by atoms with Gasteiger partial charge >= 0.3 is 17.8 Å². The third kappa shape index (κ3) is 7.40. The zero-order valence-electron chi connectivity index (χ0n) is 18.0. The van der Waals surface area contributed by atoms with Crippen molar-refractivity contribution in [1.82, 2.24) is 4.90 Å². The number of nitrogens with two attached hydrogens (primary N) is 1. The van der Waals surface area contributed by atoms with E-state index >= 15 is 0 Å². The van der Waals surface area contributed by atoms with Crippen molar-refractivity contribution < 1.29 is 34.2 Å². The molecule has 1 aromatic rings. The number of carboxylic acids is 2. The van der Waals surface area contributed by atoms with Crippen molar-refractivity contribution in [2.24, 2.45) is 11.7 Å². The lowest BCUT2D eigenvalue weighted by Crippen LogP contribution is -2.51. The molecule has 0 radical (unpaired) electrons. The molecule has 0 aliphatic carbocycles. The molecule has 31 heavy (non-hydrogen) atoms. The Hall–Kier alpha value is -3.43. The molecule has 0 aliphatic heterocycles. The number of carboxylic acid groups (broad SMARTS) is 2. The molecule has 0 aliphatic rings. The van der Waals surface area contributed by atoms with Crippen molar-refractivity contribution >= 4 is 35.3 Å². The predicted molar refractivity (Wildman–Crippen MR) is 112 cm³/mol. The van der Waals surface area contributed by atoms with E-state index in [0.717, 1.165) is 0 Å². The topological polar surface area (TPSA) is 167 Å². The van der Waals surface area contributed by atoms with Crippen molar-refractivity contribution in [2.45, 2.75) is 59.0 Å². The van der Waals surface area contributed by atoms with Crippen LogP contribution in [0.25, 0.3) is 0 Å². The number of nitrogens with one attached hydrogen (secondary N) is 1. The fraction of sp³-hybridized carbons (Fsp3) is 0.476. The van der Waals surface area contributed by atoms with Crippen LogP contribution in [0, 0.1) is 5.92 Å². The summed E-state index contributed by atoms with van der Waals surface area (Å²) in [5, 5.41) is 20.1. The number of primary amides is 1. The molecule has 0 saturated carbocycles. The number of hydrogen-bond donors (Lipinski definition) is 4. The third-order valence-corrected chi connectivity index (χ3v) is 4.59. The first-order valence-electron chi connectivity index (χ1n) is 9.86. The summed E-state index contributed by atoms with van der Waals surface area (Å²) in [4.78, 5) is 59.8. The van der Waals surface area contributed by atoms with Gasteiger partial charge in [-0.05, 0) is 50.3 Å². The van der Waals surface area contributed by atoms with Crippen LogP contribution in [-0.2, 0) is 25.6 Å². The lowest BCUT2D eigenvalue weighted by atomic mass is 9.99. The van der Waals surface area contributed by atoms with Crippen molar-refractivity contribution in [3.8, 4) is 0 Å². The molecule has 10 heteroatoms. The highest BCUT2D eigenvalue weighted by molar-refractivity contribution is 6.36. The Balaban J connectivity index is 3.03. The van der Waals surface area contributed by atoms with Gasteiger partial charge in [0.25, 0.3) is 0 Å². The van der Waals surface area contributed by atoms with Crippen LogP contribution >= 0.6 is 0 Å². The summed E-state index contributed by atoms with van der Waals surface area (Å²) in [5.41, 5.74) is 5.57. The molecule has 5 N–H and O–H groups in total. The number of aryl methyl sites for hydroxylation is 1. The van der Waals surface area contributed by atoms with E-state index in [0.29, 0.717) is 12.0 Å². The van der Waals surface area contributed by atoms with Gasteiger partial charge in [0.1, 0.15) is 6.04 Å². The second-order valence-electron chi connectivity index (χ2n) is 7.89. The van der Waals surface area contributed by atoms with Gasteiger partial charge in [-0.25, -0.2) is 9.59 Å². The summed E-state index contributed by atoms with van der Waals surface area (Å²) in [7, 11) is 0. The number of benzene rings is 1. The maximum Gasteiger partial charge on any atom is 0.394 e. The van der Waals surface area contributed by atoms with E-state index in [2.05, 4.69) is 0 Å². The van der Waals surface area contributed by atoms with E-state index in [4.69, 9.17) is 10.8 Å². The van der Waals surface area contributed by atoms with Gasteiger partial charge in [-0.3, -0.25) is 14.4 Å². The number of anilines is 1. The molecule has 0 heterocycles. The van der Waals surface area contributed by atoms with Gasteiger partial charge in [0.15, 0.2) is 0 Å². The highest BCUT2D eigenvalue weighted by atomic mass is 16.4. The zero-order chi connectivity index (χ0) is 23.9. The molecule has 3 amide bonds. The fourth-order valence-corrected chi connectivity index (χ4v) is 3.22. The van der Waals surface area contributed by atoms with E-state index in [1.54, 1.807) is 13.8 Å². The quantitative estimate of drug-likeness (QED) is 0.404. The first-order chi connectivity index (χ1) is 14.3. The van der Waals surface area contributed by atoms with Crippen molar-refractivity contribution in [3.63, 3.8) is 0 Å². The van der Waals surface area contributed by atoms with Crippen LogP contribution in [0.4, 0.5) is 5.69 Å². The van der Waals surface area contributed by atoms with Crippen LogP contribution in [0.2, 0.25) is 0 Å². The molecule has 0 spiro atoms. The first-order valence-corrected chi connectivity index (χ1v) is 9.86. The van der Waals surface area contributed by atoms with E-state index in [1.165, 1.54) is 23.1 Å². The highest BCUT2D eigenvalue weighted by Gasteiger charge is 2.30. The minimum atomic E-state index is -1.75. The van der Waals surface area contributed by atoms with Crippen molar-refractivity contribution in [2.75, 3.05) is 5.32 Å². The van der Waals surface area contributed by atoms with E-state index in [-0.39, 0.29) is 42.0 Å². The SMILES string of the molecule is CC(C)CC(C(N)=O)N(C(=O)CCc1ccc(NC(=O)C(=O)O)c(C(=O)O)c1)C(C)C. The average Bonchev–Trinajstić information content (AvgIpc) is 2.65. The Morgan fingerprint density at radius 3 is 2.13 bits per heavy atom. The molecule has 1 unspecified atom stereocenters. The normalized spacial score (nSPS) is 11.8. The van der Waals surface area contributed by atoms with Crippen molar-refractivity contribution in [1.29, 1.82) is 0 Å². The van der Waals surface area contributed by atoms with Crippen LogP contribution < -0.4 is 11.1 Å². The predicted octanol–water partition coefficient (Wildman–Crippen LogP) is 1.48. The molecule has 1 aromatic carbocycles.